The van der Waals surface area contributed by atoms with E-state index in [1.54, 1.807) is 49.4 Å². The summed E-state index contributed by atoms with van der Waals surface area (Å²) in [5, 5.41) is 1.04. The van der Waals surface area contributed by atoms with E-state index in [9.17, 15) is 8.42 Å². The third-order valence-corrected chi connectivity index (χ3v) is 5.61. The summed E-state index contributed by atoms with van der Waals surface area (Å²) >= 11 is 0. The molecular weight excluding hydrogens is 482 g/mol. The van der Waals surface area contributed by atoms with Gasteiger partial charge in [0.15, 0.2) is 23.1 Å². The van der Waals surface area contributed by atoms with Crippen molar-refractivity contribution in [1.82, 2.24) is 19.9 Å². The van der Waals surface area contributed by atoms with E-state index >= 15 is 0 Å². The predicted octanol–water partition coefficient (Wildman–Crippen LogP) is 4.55. The number of ether oxygens (including phenoxy) is 3. The van der Waals surface area contributed by atoms with Crippen LogP contribution in [0.1, 0.15) is 12.5 Å². The van der Waals surface area contributed by atoms with Crippen LogP contribution in [0.5, 0.6) is 23.1 Å². The molecule has 0 bridgehead atoms. The number of aromatic nitrogens is 4. The minimum atomic E-state index is -4.02. The van der Waals surface area contributed by atoms with Gasteiger partial charge in [0, 0.05) is 12.4 Å². The molecule has 10 nitrogen and oxygen atoms in total. The van der Waals surface area contributed by atoms with Crippen LogP contribution in [0.2, 0.25) is 0 Å². The highest BCUT2D eigenvalue weighted by atomic mass is 32.2. The number of benzene rings is 2. The number of nitrogens with zero attached hydrogens (tertiary/aromatic N) is 4. The maximum absolute atomic E-state index is 13.0. The summed E-state index contributed by atoms with van der Waals surface area (Å²) in [5.41, 5.74) is 0.712. The number of hydrogen-bond donors (Lipinski definition) is 1. The molecule has 0 saturated carbocycles. The average molecular weight is 506 g/mol. The Labute approximate surface area is 208 Å². The Hall–Kier alpha value is -4.51. The Morgan fingerprint density at radius 3 is 2.28 bits per heavy atom. The molecule has 184 valence electrons. The minimum absolute atomic E-state index is 0.00518. The SMILES string of the molecule is CCOc1nc(-c2ncccn2)nc(NS(=O)(=O)/C=C/c2ccccc2)c1Oc1ccccc1OC. The van der Waals surface area contributed by atoms with E-state index < -0.39 is 10.0 Å². The maximum Gasteiger partial charge on any atom is 0.263 e. The van der Waals surface area contributed by atoms with E-state index in [-0.39, 0.29) is 35.7 Å². The van der Waals surface area contributed by atoms with Gasteiger partial charge in [-0.15, -0.1) is 0 Å². The molecule has 36 heavy (non-hydrogen) atoms. The third kappa shape index (κ3) is 6.13. The second-order valence-corrected chi connectivity index (χ2v) is 8.72. The van der Waals surface area contributed by atoms with Crippen molar-refractivity contribution in [3.63, 3.8) is 0 Å². The molecule has 0 amide bonds. The molecule has 2 aromatic carbocycles. The first kappa shape index (κ1) is 24.6. The largest absolute Gasteiger partial charge is 0.493 e. The van der Waals surface area contributed by atoms with Crippen LogP contribution >= 0.6 is 0 Å². The van der Waals surface area contributed by atoms with Crippen LogP contribution in [-0.2, 0) is 10.0 Å². The molecular formula is C25H23N5O5S. The molecule has 0 radical (unpaired) electrons. The van der Waals surface area contributed by atoms with E-state index in [1.807, 2.05) is 18.2 Å². The molecule has 1 N–H and O–H groups in total. The molecule has 0 aliphatic carbocycles. The normalized spacial score (nSPS) is 11.3. The van der Waals surface area contributed by atoms with Crippen LogP contribution < -0.4 is 18.9 Å². The van der Waals surface area contributed by atoms with Crippen molar-refractivity contribution in [2.45, 2.75) is 6.92 Å². The van der Waals surface area contributed by atoms with Crippen LogP contribution in [-0.4, -0.2) is 42.1 Å². The van der Waals surface area contributed by atoms with E-state index in [0.717, 1.165) is 5.41 Å². The molecule has 0 unspecified atom stereocenters. The Balaban J connectivity index is 1.81. The van der Waals surface area contributed by atoms with Gasteiger partial charge in [-0.3, -0.25) is 4.72 Å². The Kier molecular flexibility index (Phi) is 7.71. The summed E-state index contributed by atoms with van der Waals surface area (Å²) in [5.74, 6) is 0.781. The smallest absolute Gasteiger partial charge is 0.263 e. The van der Waals surface area contributed by atoms with Crippen LogP contribution in [0.4, 0.5) is 5.82 Å². The van der Waals surface area contributed by atoms with Crippen LogP contribution in [0, 0.1) is 0 Å². The minimum Gasteiger partial charge on any atom is -0.493 e. The van der Waals surface area contributed by atoms with Crippen molar-refractivity contribution in [3.05, 3.63) is 84.0 Å². The van der Waals surface area contributed by atoms with E-state index in [4.69, 9.17) is 14.2 Å². The van der Waals surface area contributed by atoms with Gasteiger partial charge in [0.25, 0.3) is 15.9 Å². The van der Waals surface area contributed by atoms with Crippen molar-refractivity contribution in [3.8, 4) is 34.8 Å². The number of nitrogens with one attached hydrogen (secondary N) is 1. The fraction of sp³-hybridized carbons (Fsp3) is 0.120. The molecule has 0 atom stereocenters. The number of para-hydroxylation sites is 2. The molecule has 0 aliphatic heterocycles. The van der Waals surface area contributed by atoms with Crippen molar-refractivity contribution in [1.29, 1.82) is 0 Å². The maximum atomic E-state index is 13.0. The fourth-order valence-electron chi connectivity index (χ4n) is 3.05. The lowest BCUT2D eigenvalue weighted by Crippen LogP contribution is -2.14. The highest BCUT2D eigenvalue weighted by molar-refractivity contribution is 7.95. The zero-order valence-corrected chi connectivity index (χ0v) is 20.3. The fourth-order valence-corrected chi connectivity index (χ4v) is 3.87. The molecule has 4 rings (SSSR count). The molecule has 0 aliphatic rings. The van der Waals surface area contributed by atoms with Gasteiger partial charge in [0.05, 0.1) is 19.1 Å². The zero-order valence-electron chi connectivity index (χ0n) is 19.5. The van der Waals surface area contributed by atoms with Gasteiger partial charge in [-0.25, -0.2) is 23.4 Å². The molecule has 11 heteroatoms. The lowest BCUT2D eigenvalue weighted by atomic mass is 10.2. The van der Waals surface area contributed by atoms with Crippen LogP contribution in [0.3, 0.4) is 0 Å². The van der Waals surface area contributed by atoms with Gasteiger partial charge < -0.3 is 14.2 Å². The van der Waals surface area contributed by atoms with Gasteiger partial charge in [-0.2, -0.15) is 4.98 Å². The van der Waals surface area contributed by atoms with Gasteiger partial charge >= 0.3 is 0 Å². The molecule has 4 aromatic rings. The molecule has 0 fully saturated rings. The summed E-state index contributed by atoms with van der Waals surface area (Å²) in [7, 11) is -2.53. The molecule has 0 spiro atoms. The monoisotopic (exact) mass is 505 g/mol. The summed E-state index contributed by atoms with van der Waals surface area (Å²) in [6, 6.07) is 17.6. The highest BCUT2D eigenvalue weighted by Gasteiger charge is 2.24. The van der Waals surface area contributed by atoms with Crippen LogP contribution in [0.25, 0.3) is 17.7 Å². The van der Waals surface area contributed by atoms with Crippen LogP contribution in [0.15, 0.2) is 78.5 Å². The summed E-state index contributed by atoms with van der Waals surface area (Å²) in [6.45, 7) is 1.99. The average Bonchev–Trinajstić information content (AvgIpc) is 2.90. The van der Waals surface area contributed by atoms with E-state index in [0.29, 0.717) is 17.1 Å². The first-order chi connectivity index (χ1) is 17.5. The number of methoxy groups -OCH3 is 1. The molecule has 2 aromatic heterocycles. The Morgan fingerprint density at radius 1 is 0.889 bits per heavy atom. The van der Waals surface area contributed by atoms with Gasteiger partial charge in [0.2, 0.25) is 11.6 Å². The second-order valence-electron chi connectivity index (χ2n) is 7.15. The van der Waals surface area contributed by atoms with Crippen molar-refractivity contribution in [2.24, 2.45) is 0 Å². The van der Waals surface area contributed by atoms with Gasteiger partial charge in [-0.1, -0.05) is 42.5 Å². The number of hydrogen-bond acceptors (Lipinski definition) is 9. The first-order valence-corrected chi connectivity index (χ1v) is 12.4. The van der Waals surface area contributed by atoms with E-state index in [2.05, 4.69) is 24.7 Å². The van der Waals surface area contributed by atoms with Crippen molar-refractivity contribution in [2.75, 3.05) is 18.4 Å². The summed E-state index contributed by atoms with van der Waals surface area (Å²) in [4.78, 5) is 17.1. The quantitative estimate of drug-likeness (QED) is 0.330. The highest BCUT2D eigenvalue weighted by Crippen LogP contribution is 2.41. The lowest BCUT2D eigenvalue weighted by Gasteiger charge is -2.17. The van der Waals surface area contributed by atoms with Gasteiger partial charge in [0.1, 0.15) is 0 Å². The first-order valence-electron chi connectivity index (χ1n) is 10.9. The number of sulfonamides is 1. The molecule has 2 heterocycles. The van der Waals surface area contributed by atoms with Crippen molar-refractivity contribution < 1.29 is 22.6 Å². The van der Waals surface area contributed by atoms with Crippen molar-refractivity contribution >= 4 is 21.9 Å². The molecule has 0 saturated heterocycles. The third-order valence-electron chi connectivity index (χ3n) is 4.64. The number of anilines is 1. The summed E-state index contributed by atoms with van der Waals surface area (Å²) in [6.07, 6.45) is 4.52. The Bertz CT molecular complexity index is 1450. The summed E-state index contributed by atoms with van der Waals surface area (Å²) < 4.78 is 45.6. The topological polar surface area (TPSA) is 125 Å². The van der Waals surface area contributed by atoms with Gasteiger partial charge in [-0.05, 0) is 36.8 Å². The van der Waals surface area contributed by atoms with E-state index in [1.165, 1.54) is 25.6 Å². The lowest BCUT2D eigenvalue weighted by molar-refractivity contribution is 0.304. The Morgan fingerprint density at radius 2 is 1.58 bits per heavy atom. The number of rotatable bonds is 10. The predicted molar refractivity (Wildman–Crippen MR) is 135 cm³/mol. The zero-order chi connectivity index (χ0) is 25.4. The standard InChI is InChI=1S/C25H23N5O5S/c1-3-34-25-21(35-20-13-8-7-12-19(20)33-2)22(28-24(29-25)23-26-15-9-16-27-23)30-36(31,32)17-14-18-10-5-4-6-11-18/h4-17H,3H2,1-2H3,(H,28,29,30)/b17-14+. The second kappa shape index (κ2) is 11.3.